The average Bonchev–Trinajstić information content (AvgIpc) is 2.90. The zero-order valence-corrected chi connectivity index (χ0v) is 12.4. The van der Waals surface area contributed by atoms with Crippen LogP contribution in [0.2, 0.25) is 4.34 Å². The first-order chi connectivity index (χ1) is 9.65. The van der Waals surface area contributed by atoms with Gasteiger partial charge in [-0.05, 0) is 31.2 Å². The van der Waals surface area contributed by atoms with Crippen molar-refractivity contribution in [2.75, 3.05) is 6.61 Å². The summed E-state index contributed by atoms with van der Waals surface area (Å²) < 4.78 is 6.00. The molecule has 4 nitrogen and oxygen atoms in total. The van der Waals surface area contributed by atoms with Gasteiger partial charge in [0.25, 0.3) is 5.91 Å². The molecule has 0 saturated carbocycles. The van der Waals surface area contributed by atoms with Crippen molar-refractivity contribution in [3.05, 3.63) is 51.7 Å². The molecular formula is C14H13ClN2O2S. The van der Waals surface area contributed by atoms with Crippen molar-refractivity contribution in [2.24, 2.45) is 5.10 Å². The third-order valence-corrected chi connectivity index (χ3v) is 3.73. The van der Waals surface area contributed by atoms with Gasteiger partial charge in [0.05, 0.1) is 14.9 Å². The second-order valence-electron chi connectivity index (χ2n) is 3.94. The molecule has 0 atom stereocenters. The summed E-state index contributed by atoms with van der Waals surface area (Å²) in [4.78, 5) is 12.5. The Hall–Kier alpha value is -1.85. The van der Waals surface area contributed by atoms with Crippen molar-refractivity contribution in [3.8, 4) is 5.75 Å². The van der Waals surface area contributed by atoms with Gasteiger partial charge in [-0.25, -0.2) is 5.43 Å². The van der Waals surface area contributed by atoms with Crippen LogP contribution < -0.4 is 10.2 Å². The molecule has 0 radical (unpaired) electrons. The van der Waals surface area contributed by atoms with E-state index in [-0.39, 0.29) is 12.5 Å². The molecule has 1 aromatic heterocycles. The topological polar surface area (TPSA) is 50.7 Å². The minimum atomic E-state index is -0.309. The van der Waals surface area contributed by atoms with Crippen molar-refractivity contribution < 1.29 is 9.53 Å². The van der Waals surface area contributed by atoms with Crippen LogP contribution in [0.5, 0.6) is 5.75 Å². The predicted octanol–water partition coefficient (Wildman–Crippen LogP) is 3.32. The van der Waals surface area contributed by atoms with Gasteiger partial charge in [-0.3, -0.25) is 4.79 Å². The molecular weight excluding hydrogens is 296 g/mol. The first-order valence-corrected chi connectivity index (χ1v) is 7.11. The molecule has 20 heavy (non-hydrogen) atoms. The maximum atomic E-state index is 11.6. The number of benzene rings is 1. The highest BCUT2D eigenvalue weighted by Gasteiger charge is 2.04. The number of carbonyl (C=O) groups excluding carboxylic acids is 1. The molecule has 0 aliphatic heterocycles. The largest absolute Gasteiger partial charge is 0.484 e. The van der Waals surface area contributed by atoms with Gasteiger partial charge in [0.15, 0.2) is 6.61 Å². The Labute approximate surface area is 126 Å². The Balaban J connectivity index is 1.83. The maximum absolute atomic E-state index is 11.6. The lowest BCUT2D eigenvalue weighted by molar-refractivity contribution is -0.123. The molecule has 0 bridgehead atoms. The summed E-state index contributed by atoms with van der Waals surface area (Å²) in [7, 11) is 0. The van der Waals surface area contributed by atoms with Gasteiger partial charge in [-0.1, -0.05) is 29.8 Å². The number of rotatable bonds is 5. The Kier molecular flexibility index (Phi) is 5.15. The van der Waals surface area contributed by atoms with Crippen LogP contribution in [0.4, 0.5) is 0 Å². The normalized spacial score (nSPS) is 11.2. The Morgan fingerprint density at radius 3 is 2.70 bits per heavy atom. The molecule has 6 heteroatoms. The van der Waals surface area contributed by atoms with E-state index in [1.54, 1.807) is 25.1 Å². The van der Waals surface area contributed by atoms with Gasteiger partial charge in [0.1, 0.15) is 5.75 Å². The molecule has 1 N–H and O–H groups in total. The van der Waals surface area contributed by atoms with Gasteiger partial charge in [0, 0.05) is 0 Å². The monoisotopic (exact) mass is 308 g/mol. The Morgan fingerprint density at radius 1 is 1.30 bits per heavy atom. The van der Waals surface area contributed by atoms with Crippen LogP contribution in [0, 0.1) is 0 Å². The van der Waals surface area contributed by atoms with Crippen LogP contribution in [0.1, 0.15) is 11.8 Å². The SMILES string of the molecule is CC(=NNC(=O)COc1ccccc1)c1ccc(Cl)s1. The minimum absolute atomic E-state index is 0.0774. The van der Waals surface area contributed by atoms with Crippen molar-refractivity contribution >= 4 is 34.6 Å². The molecule has 1 aromatic carbocycles. The summed E-state index contributed by atoms with van der Waals surface area (Å²) in [6.45, 7) is 1.73. The van der Waals surface area contributed by atoms with Crippen LogP contribution in [0.3, 0.4) is 0 Å². The summed E-state index contributed by atoms with van der Waals surface area (Å²) in [5.41, 5.74) is 3.15. The lowest BCUT2D eigenvalue weighted by atomic mass is 10.3. The number of nitrogens with one attached hydrogen (secondary N) is 1. The second-order valence-corrected chi connectivity index (χ2v) is 5.65. The molecule has 104 valence electrons. The van der Waals surface area contributed by atoms with Crippen LogP contribution in [-0.4, -0.2) is 18.2 Å². The van der Waals surface area contributed by atoms with Gasteiger partial charge < -0.3 is 4.74 Å². The second kappa shape index (κ2) is 7.07. The highest BCUT2D eigenvalue weighted by molar-refractivity contribution is 7.18. The molecule has 0 aliphatic rings. The smallest absolute Gasteiger partial charge is 0.277 e. The Bertz CT molecular complexity index is 611. The molecule has 0 aliphatic carbocycles. The Morgan fingerprint density at radius 2 is 2.05 bits per heavy atom. The van der Waals surface area contributed by atoms with E-state index in [0.29, 0.717) is 15.8 Å². The van der Waals surface area contributed by atoms with E-state index < -0.39 is 0 Å². The first kappa shape index (κ1) is 14.6. The molecule has 0 unspecified atom stereocenters. The number of hydrogen-bond donors (Lipinski definition) is 1. The number of nitrogens with zero attached hydrogens (tertiary/aromatic N) is 1. The van der Waals surface area contributed by atoms with E-state index in [4.69, 9.17) is 16.3 Å². The van der Waals surface area contributed by atoms with E-state index in [2.05, 4.69) is 10.5 Å². The van der Waals surface area contributed by atoms with Crippen molar-refractivity contribution in [1.82, 2.24) is 5.43 Å². The fraction of sp³-hybridized carbons (Fsp3) is 0.143. The molecule has 2 aromatic rings. The molecule has 0 saturated heterocycles. The molecule has 0 spiro atoms. The zero-order chi connectivity index (χ0) is 14.4. The summed E-state index contributed by atoms with van der Waals surface area (Å²) in [5, 5.41) is 4.01. The van der Waals surface area contributed by atoms with E-state index in [9.17, 15) is 4.79 Å². The quantitative estimate of drug-likeness (QED) is 0.680. The van der Waals surface area contributed by atoms with Crippen LogP contribution in [0.15, 0.2) is 47.6 Å². The summed E-state index contributed by atoms with van der Waals surface area (Å²) in [5.74, 6) is 0.337. The van der Waals surface area contributed by atoms with Crippen LogP contribution in [-0.2, 0) is 4.79 Å². The third kappa shape index (κ3) is 4.36. The van der Waals surface area contributed by atoms with Gasteiger partial charge >= 0.3 is 0 Å². The predicted molar refractivity (Wildman–Crippen MR) is 81.6 cm³/mol. The highest BCUT2D eigenvalue weighted by Crippen LogP contribution is 2.21. The van der Waals surface area contributed by atoms with E-state index in [0.717, 1.165) is 4.88 Å². The zero-order valence-electron chi connectivity index (χ0n) is 10.8. The fourth-order valence-corrected chi connectivity index (χ4v) is 2.40. The number of carbonyl (C=O) groups is 1. The minimum Gasteiger partial charge on any atom is -0.484 e. The molecule has 0 fully saturated rings. The van der Waals surface area contributed by atoms with Gasteiger partial charge in [-0.15, -0.1) is 11.3 Å². The van der Waals surface area contributed by atoms with E-state index in [1.165, 1.54) is 11.3 Å². The summed E-state index contributed by atoms with van der Waals surface area (Å²) >= 11 is 7.25. The number of ether oxygens (including phenoxy) is 1. The summed E-state index contributed by atoms with van der Waals surface area (Å²) in [6.07, 6.45) is 0. The number of thiophene rings is 1. The number of hydrazone groups is 1. The highest BCUT2D eigenvalue weighted by atomic mass is 35.5. The standard InChI is InChI=1S/C14H13ClN2O2S/c1-10(12-7-8-13(15)20-12)16-17-14(18)9-19-11-5-3-2-4-6-11/h2-8H,9H2,1H3,(H,17,18). The number of halogens is 1. The number of para-hydroxylation sites is 1. The summed E-state index contributed by atoms with van der Waals surface area (Å²) in [6, 6.07) is 12.8. The lowest BCUT2D eigenvalue weighted by Gasteiger charge is -2.04. The van der Waals surface area contributed by atoms with Crippen molar-refractivity contribution in [3.63, 3.8) is 0 Å². The third-order valence-electron chi connectivity index (χ3n) is 2.39. The van der Waals surface area contributed by atoms with Crippen LogP contribution >= 0.6 is 22.9 Å². The first-order valence-electron chi connectivity index (χ1n) is 5.92. The van der Waals surface area contributed by atoms with Crippen LogP contribution in [0.25, 0.3) is 0 Å². The van der Waals surface area contributed by atoms with E-state index >= 15 is 0 Å². The molecule has 1 amide bonds. The van der Waals surface area contributed by atoms with Crippen molar-refractivity contribution in [1.29, 1.82) is 0 Å². The maximum Gasteiger partial charge on any atom is 0.277 e. The lowest BCUT2D eigenvalue weighted by Crippen LogP contribution is -2.25. The van der Waals surface area contributed by atoms with Gasteiger partial charge in [0.2, 0.25) is 0 Å². The van der Waals surface area contributed by atoms with Gasteiger partial charge in [-0.2, -0.15) is 5.10 Å². The molecule has 2 rings (SSSR count). The van der Waals surface area contributed by atoms with E-state index in [1.807, 2.05) is 24.3 Å². The fourth-order valence-electron chi connectivity index (χ4n) is 1.41. The molecule has 1 heterocycles. The number of amides is 1. The average molecular weight is 309 g/mol. The van der Waals surface area contributed by atoms with Crippen molar-refractivity contribution in [2.45, 2.75) is 6.92 Å². The number of hydrogen-bond acceptors (Lipinski definition) is 4.